The number of anilines is 1. The summed E-state index contributed by atoms with van der Waals surface area (Å²) in [6, 6.07) is 14.4. The average Bonchev–Trinajstić information content (AvgIpc) is 2.53. The van der Waals surface area contributed by atoms with Crippen molar-refractivity contribution in [1.82, 2.24) is 5.43 Å². The molecular weight excluding hydrogens is 264 g/mol. The molecule has 0 aliphatic rings. The maximum Gasteiger partial charge on any atom is 0.210 e. The topological polar surface area (TPSA) is 71.7 Å². The normalized spacial score (nSPS) is 11.6. The maximum absolute atomic E-state index is 5.50. The minimum Gasteiger partial charge on any atom is -0.382 e. The highest BCUT2D eigenvalue weighted by Gasteiger charge is 1.99. The summed E-state index contributed by atoms with van der Waals surface area (Å²) in [5.41, 5.74) is 3.54. The van der Waals surface area contributed by atoms with Gasteiger partial charge < -0.3 is 10.1 Å². The van der Waals surface area contributed by atoms with Crippen LogP contribution in [-0.2, 0) is 4.74 Å². The van der Waals surface area contributed by atoms with Gasteiger partial charge in [0.1, 0.15) is 0 Å². The Morgan fingerprint density at radius 1 is 1.19 bits per heavy atom. The van der Waals surface area contributed by atoms with Crippen LogP contribution in [0.3, 0.4) is 0 Å². The first-order chi connectivity index (χ1) is 10.3. The number of nitrogens with one attached hydrogen (secondary N) is 2. The molecule has 0 fully saturated rings. The fraction of sp³-hybridized carbons (Fsp3) is 0.312. The van der Waals surface area contributed by atoms with Crippen LogP contribution in [0.2, 0.25) is 0 Å². The van der Waals surface area contributed by atoms with Gasteiger partial charge in [0.05, 0.1) is 0 Å². The van der Waals surface area contributed by atoms with Crippen molar-refractivity contribution in [2.24, 2.45) is 10.8 Å². The number of ether oxygens (including phenoxy) is 1. The van der Waals surface area contributed by atoms with E-state index in [0.29, 0.717) is 19.1 Å². The quantitative estimate of drug-likeness (QED) is 0.251. The molecule has 0 aliphatic heterocycles. The van der Waals surface area contributed by atoms with E-state index >= 15 is 0 Å². The van der Waals surface area contributed by atoms with Gasteiger partial charge in [0, 0.05) is 25.4 Å². The molecule has 0 amide bonds. The van der Waals surface area contributed by atoms with Gasteiger partial charge in [-0.25, -0.2) is 5.84 Å². The summed E-state index contributed by atoms with van der Waals surface area (Å²) in [7, 11) is 0. The zero-order chi connectivity index (χ0) is 14.9. The minimum absolute atomic E-state index is 0.557. The standard InChI is InChI=1S/C16H22N4O/c1-2-21-11-5-10-18-16(20-17)19-15-9-8-13-6-3-4-7-14(13)12-15/h3-4,6-9,12H,2,5,10-11,17H2,1H3,(H2,18,19,20). The van der Waals surface area contributed by atoms with Crippen molar-refractivity contribution in [2.75, 3.05) is 25.1 Å². The number of nitrogens with zero attached hydrogens (tertiary/aromatic N) is 1. The van der Waals surface area contributed by atoms with Crippen LogP contribution in [0.25, 0.3) is 10.8 Å². The van der Waals surface area contributed by atoms with Gasteiger partial charge in [0.15, 0.2) is 0 Å². The third kappa shape index (κ3) is 4.73. The molecule has 2 aromatic carbocycles. The van der Waals surface area contributed by atoms with E-state index in [1.807, 2.05) is 25.1 Å². The van der Waals surface area contributed by atoms with Crippen molar-refractivity contribution in [3.8, 4) is 0 Å². The lowest BCUT2D eigenvalue weighted by Crippen LogP contribution is -2.36. The van der Waals surface area contributed by atoms with Crippen LogP contribution in [-0.4, -0.2) is 25.7 Å². The highest BCUT2D eigenvalue weighted by atomic mass is 16.5. The predicted molar refractivity (Wildman–Crippen MR) is 88.3 cm³/mol. The van der Waals surface area contributed by atoms with Gasteiger partial charge >= 0.3 is 0 Å². The number of aliphatic imine (C=N–C) groups is 1. The minimum atomic E-state index is 0.557. The number of hydrogen-bond acceptors (Lipinski definition) is 3. The second-order valence-corrected chi connectivity index (χ2v) is 4.61. The van der Waals surface area contributed by atoms with E-state index in [1.54, 1.807) is 0 Å². The molecule has 2 rings (SSSR count). The average molecular weight is 286 g/mol. The van der Waals surface area contributed by atoms with Crippen molar-refractivity contribution >= 4 is 22.4 Å². The van der Waals surface area contributed by atoms with Gasteiger partial charge in [-0.3, -0.25) is 10.4 Å². The zero-order valence-electron chi connectivity index (χ0n) is 12.3. The predicted octanol–water partition coefficient (Wildman–Crippen LogP) is 2.50. The summed E-state index contributed by atoms with van der Waals surface area (Å²) in [6.45, 7) is 4.10. The summed E-state index contributed by atoms with van der Waals surface area (Å²) < 4.78 is 5.27. The molecule has 0 unspecified atom stereocenters. The Hall–Kier alpha value is -2.11. The highest BCUT2D eigenvalue weighted by Crippen LogP contribution is 2.18. The molecule has 4 N–H and O–H groups in total. The first-order valence-corrected chi connectivity index (χ1v) is 7.18. The number of nitrogens with two attached hydrogens (primary N) is 1. The summed E-state index contributed by atoms with van der Waals surface area (Å²) >= 11 is 0. The largest absolute Gasteiger partial charge is 0.382 e. The van der Waals surface area contributed by atoms with Gasteiger partial charge in [0.25, 0.3) is 0 Å². The monoisotopic (exact) mass is 286 g/mol. The SMILES string of the molecule is CCOCCCN=C(NN)Nc1ccc2ccccc2c1. The van der Waals surface area contributed by atoms with E-state index < -0.39 is 0 Å². The Morgan fingerprint density at radius 3 is 2.76 bits per heavy atom. The Kier molecular flexibility index (Phi) is 5.99. The Bertz CT molecular complexity index is 598. The number of rotatable bonds is 6. The number of benzene rings is 2. The molecule has 0 atom stereocenters. The van der Waals surface area contributed by atoms with E-state index in [1.165, 1.54) is 10.8 Å². The first-order valence-electron chi connectivity index (χ1n) is 7.18. The lowest BCUT2D eigenvalue weighted by atomic mass is 10.1. The van der Waals surface area contributed by atoms with Crippen molar-refractivity contribution in [1.29, 1.82) is 0 Å². The van der Waals surface area contributed by atoms with Crippen molar-refractivity contribution in [3.63, 3.8) is 0 Å². The van der Waals surface area contributed by atoms with Crippen molar-refractivity contribution in [3.05, 3.63) is 42.5 Å². The number of hydrazine groups is 1. The van der Waals surface area contributed by atoms with E-state index in [4.69, 9.17) is 10.6 Å². The van der Waals surface area contributed by atoms with Crippen LogP contribution in [0, 0.1) is 0 Å². The Balaban J connectivity index is 1.97. The molecule has 5 heteroatoms. The molecule has 0 spiro atoms. The van der Waals surface area contributed by atoms with Gasteiger partial charge in [-0.2, -0.15) is 0 Å². The third-order valence-corrected chi connectivity index (χ3v) is 3.07. The Labute approximate surface area is 125 Å². The summed E-state index contributed by atoms with van der Waals surface area (Å²) in [5, 5.41) is 5.57. The van der Waals surface area contributed by atoms with Crippen molar-refractivity contribution in [2.45, 2.75) is 13.3 Å². The molecule has 0 aromatic heterocycles. The van der Waals surface area contributed by atoms with Crippen LogP contribution in [0.4, 0.5) is 5.69 Å². The lowest BCUT2D eigenvalue weighted by Gasteiger charge is -2.10. The lowest BCUT2D eigenvalue weighted by molar-refractivity contribution is 0.146. The summed E-state index contributed by atoms with van der Waals surface area (Å²) in [4.78, 5) is 4.38. The van der Waals surface area contributed by atoms with Crippen molar-refractivity contribution < 1.29 is 4.74 Å². The molecule has 112 valence electrons. The van der Waals surface area contributed by atoms with Gasteiger partial charge in [0.2, 0.25) is 5.96 Å². The van der Waals surface area contributed by atoms with Gasteiger partial charge in [-0.05, 0) is 36.2 Å². The smallest absolute Gasteiger partial charge is 0.210 e. The molecule has 0 bridgehead atoms. The number of hydrogen-bond donors (Lipinski definition) is 3. The summed E-state index contributed by atoms with van der Waals surface area (Å²) in [6.07, 6.45) is 0.873. The molecule has 0 radical (unpaired) electrons. The van der Waals surface area contributed by atoms with E-state index in [-0.39, 0.29) is 0 Å². The maximum atomic E-state index is 5.50. The van der Waals surface area contributed by atoms with Gasteiger partial charge in [-0.1, -0.05) is 30.3 Å². The number of guanidine groups is 1. The fourth-order valence-corrected chi connectivity index (χ4v) is 2.03. The molecule has 0 saturated carbocycles. The second kappa shape index (κ2) is 8.24. The van der Waals surface area contributed by atoms with Crippen LogP contribution < -0.4 is 16.6 Å². The Morgan fingerprint density at radius 2 is 2.00 bits per heavy atom. The summed E-state index contributed by atoms with van der Waals surface area (Å²) in [5.74, 6) is 6.06. The van der Waals surface area contributed by atoms with E-state index in [0.717, 1.165) is 18.7 Å². The molecule has 21 heavy (non-hydrogen) atoms. The van der Waals surface area contributed by atoms with E-state index in [2.05, 4.69) is 40.0 Å². The molecule has 2 aromatic rings. The molecular formula is C16H22N4O. The molecule has 0 heterocycles. The highest BCUT2D eigenvalue weighted by molar-refractivity contribution is 5.96. The second-order valence-electron chi connectivity index (χ2n) is 4.61. The van der Waals surface area contributed by atoms with Crippen LogP contribution in [0.1, 0.15) is 13.3 Å². The van der Waals surface area contributed by atoms with E-state index in [9.17, 15) is 0 Å². The molecule has 0 aliphatic carbocycles. The van der Waals surface area contributed by atoms with Crippen LogP contribution >= 0.6 is 0 Å². The third-order valence-electron chi connectivity index (χ3n) is 3.07. The zero-order valence-corrected chi connectivity index (χ0v) is 12.3. The van der Waals surface area contributed by atoms with Crippen LogP contribution in [0.5, 0.6) is 0 Å². The number of fused-ring (bicyclic) bond motifs is 1. The first kappa shape index (κ1) is 15.3. The van der Waals surface area contributed by atoms with Gasteiger partial charge in [-0.15, -0.1) is 0 Å². The molecule has 5 nitrogen and oxygen atoms in total. The molecule has 0 saturated heterocycles. The fourth-order valence-electron chi connectivity index (χ4n) is 2.03. The van der Waals surface area contributed by atoms with Crippen LogP contribution in [0.15, 0.2) is 47.5 Å².